The number of ether oxygens (including phenoxy) is 3. The van der Waals surface area contributed by atoms with Gasteiger partial charge in [0, 0.05) is 70.8 Å². The van der Waals surface area contributed by atoms with Crippen molar-refractivity contribution in [2.24, 2.45) is 0 Å². The molecule has 2 aliphatic carbocycles. The zero-order chi connectivity index (χ0) is 68.6. The van der Waals surface area contributed by atoms with Gasteiger partial charge in [0.2, 0.25) is 11.8 Å². The lowest BCUT2D eigenvalue weighted by atomic mass is 9.96. The van der Waals surface area contributed by atoms with Gasteiger partial charge >= 0.3 is 24.2 Å². The highest BCUT2D eigenvalue weighted by molar-refractivity contribution is 7.21. The van der Waals surface area contributed by atoms with E-state index in [1.54, 1.807) is 45.6 Å². The van der Waals surface area contributed by atoms with Crippen LogP contribution in [0.1, 0.15) is 114 Å². The number of urea groups is 2. The number of alkyl carbamates (subject to hydrolysis) is 2. The van der Waals surface area contributed by atoms with E-state index in [-0.39, 0.29) is 56.4 Å². The van der Waals surface area contributed by atoms with Crippen LogP contribution in [0, 0.1) is 0 Å². The number of rotatable bonds is 36. The average Bonchev–Trinajstić information content (AvgIpc) is 1.69. The molecule has 0 bridgehead atoms. The predicted octanol–water partition coefficient (Wildman–Crippen LogP) is 11.2. The Bertz CT molecular complexity index is 3760. The number of amides is 8. The second-order valence-corrected chi connectivity index (χ2v) is 29.9. The van der Waals surface area contributed by atoms with Gasteiger partial charge in [0.05, 0.1) is 52.7 Å². The molecule has 2 aliphatic rings. The molecule has 8 aromatic rings. The van der Waals surface area contributed by atoms with E-state index < -0.39 is 66.5 Å². The SMILES string of the molecule is CC(C)(C)OCC(NC(=O)N(Cc1cncs1)C1CC1)C(=O)NC(CCC(Cc1ccccc1)NC(=O)OCc1cnc(-c2ncc(CN(C(=O)NC(CO)C(=O)NC(CCC(Cc3ccccc3)NC(=O)OCc3cncs3)Cc3ccccc3)C3CC3)s2)s1)Cc1ccccc1. The van der Waals surface area contributed by atoms with Crippen LogP contribution in [-0.4, -0.2) is 138 Å². The van der Waals surface area contributed by atoms with Gasteiger partial charge in [-0.3, -0.25) is 19.6 Å². The first kappa shape index (κ1) is 72.1. The number of aromatic nitrogens is 4. The summed E-state index contributed by atoms with van der Waals surface area (Å²) in [6.07, 6.45) is 12.8. The molecule has 10 rings (SSSR count). The number of carbonyl (C=O) groups is 6. The van der Waals surface area contributed by atoms with Crippen molar-refractivity contribution in [3.63, 3.8) is 0 Å². The Morgan fingerprint density at radius 2 is 0.867 bits per heavy atom. The molecule has 4 aromatic heterocycles. The molecule has 0 spiro atoms. The summed E-state index contributed by atoms with van der Waals surface area (Å²) in [7, 11) is 0. The summed E-state index contributed by atoms with van der Waals surface area (Å²) in [5, 5.41) is 30.2. The Morgan fingerprint density at radius 1 is 0.490 bits per heavy atom. The molecule has 0 saturated heterocycles. The molecule has 22 nitrogen and oxygen atoms in total. The summed E-state index contributed by atoms with van der Waals surface area (Å²) >= 11 is 5.59. The Labute approximate surface area is 587 Å². The number of hydrogen-bond donors (Lipinski definition) is 7. The fraction of sp³-hybridized carbons (Fsp3) is 0.417. The van der Waals surface area contributed by atoms with Crippen molar-refractivity contribution in [3.8, 4) is 10.0 Å². The van der Waals surface area contributed by atoms with Crippen LogP contribution in [0.15, 0.2) is 157 Å². The lowest BCUT2D eigenvalue weighted by Gasteiger charge is -2.30. The second kappa shape index (κ2) is 36.3. The van der Waals surface area contributed by atoms with E-state index in [2.05, 4.69) is 51.8 Å². The van der Waals surface area contributed by atoms with Crippen molar-refractivity contribution in [2.75, 3.05) is 13.2 Å². The normalized spacial score (nSPS) is 14.7. The molecule has 7 N–H and O–H groups in total. The van der Waals surface area contributed by atoms with Gasteiger partial charge in [0.15, 0.2) is 10.0 Å². The molecule has 4 heterocycles. The maximum absolute atomic E-state index is 14.5. The third-order valence-electron chi connectivity index (χ3n) is 16.6. The summed E-state index contributed by atoms with van der Waals surface area (Å²) in [6, 6.07) is 34.6. The Hall–Kier alpha value is -8.66. The van der Waals surface area contributed by atoms with Gasteiger partial charge in [0.25, 0.3) is 0 Å². The maximum atomic E-state index is 14.5. The molecule has 6 unspecified atom stereocenters. The summed E-state index contributed by atoms with van der Waals surface area (Å²) in [6.45, 7) is 5.68. The molecule has 0 aliphatic heterocycles. The molecular formula is C72H86N12O10S4. The van der Waals surface area contributed by atoms with Gasteiger partial charge in [-0.15, -0.1) is 45.3 Å². The number of aliphatic hydroxyl groups excluding tert-OH is 1. The molecule has 2 fully saturated rings. The summed E-state index contributed by atoms with van der Waals surface area (Å²) in [5.74, 6) is -0.910. The number of nitrogens with zero attached hydrogens (tertiary/aromatic N) is 6. The number of benzene rings is 4. The van der Waals surface area contributed by atoms with Gasteiger partial charge in [-0.05, 0) is 120 Å². The van der Waals surface area contributed by atoms with Crippen molar-refractivity contribution in [1.29, 1.82) is 0 Å². The molecule has 6 atom stereocenters. The van der Waals surface area contributed by atoms with Gasteiger partial charge < -0.3 is 61.0 Å². The van der Waals surface area contributed by atoms with Crippen molar-refractivity contribution in [3.05, 3.63) is 199 Å². The van der Waals surface area contributed by atoms with Crippen molar-refractivity contribution < 1.29 is 48.1 Å². The Morgan fingerprint density at radius 3 is 1.28 bits per heavy atom. The van der Waals surface area contributed by atoms with E-state index in [0.29, 0.717) is 72.8 Å². The van der Waals surface area contributed by atoms with Crippen LogP contribution in [0.5, 0.6) is 0 Å². The van der Waals surface area contributed by atoms with Gasteiger partial charge in [0.1, 0.15) is 25.3 Å². The van der Waals surface area contributed by atoms with Crippen LogP contribution in [0.25, 0.3) is 10.0 Å². The zero-order valence-corrected chi connectivity index (χ0v) is 58.6. The molecule has 2 saturated carbocycles. The van der Waals surface area contributed by atoms with Crippen LogP contribution < -0.4 is 31.9 Å². The largest absolute Gasteiger partial charge is 0.444 e. The molecule has 26 heteroatoms. The molecule has 0 radical (unpaired) electrons. The molecular weight excluding hydrogens is 1320 g/mol. The van der Waals surface area contributed by atoms with E-state index in [1.165, 1.54) is 45.3 Å². The highest BCUT2D eigenvalue weighted by Crippen LogP contribution is 2.34. The molecule has 8 amide bonds. The summed E-state index contributed by atoms with van der Waals surface area (Å²) < 4.78 is 17.5. The number of nitrogens with one attached hydrogen (secondary N) is 6. The van der Waals surface area contributed by atoms with Gasteiger partial charge in [-0.25, -0.2) is 29.1 Å². The third kappa shape index (κ3) is 23.8. The lowest BCUT2D eigenvalue weighted by molar-refractivity contribution is -0.127. The van der Waals surface area contributed by atoms with Crippen LogP contribution in [-0.2, 0) is 75.8 Å². The minimum Gasteiger partial charge on any atom is -0.444 e. The van der Waals surface area contributed by atoms with E-state index >= 15 is 0 Å². The minimum absolute atomic E-state index is 0.0400. The molecule has 4 aromatic carbocycles. The summed E-state index contributed by atoms with van der Waals surface area (Å²) in [5.41, 5.74) is 6.87. The standard InChI is InChI=1S/C72H86N12O10S4/c1-72(2,3)94-45-63(82-69(89)83(56-28-29-56)40-58-36-73-46-95-58)65(87)78-53(33-49-18-10-5-11-19-49)25-27-55(35-51-22-14-7-15-23-51)80-71(91)93-44-61-39-76-67(98-61)66-75-38-59(97-66)41-84(57-30-31-57)68(88)81-62(42-85)64(86)77-52(32-48-16-8-4-9-17-48)24-26-54(34-50-20-12-6-13-21-50)79-70(90)92-43-60-37-74-47-96-60/h4-23,36-39,46-47,52-57,62-63,85H,24-35,40-45H2,1-3H3,(H,77,86)(H,78,87)(H,79,90)(H,80,91)(H,81,88)(H,82,89). The first-order valence-corrected chi connectivity index (χ1v) is 36.6. The van der Waals surface area contributed by atoms with E-state index in [9.17, 15) is 33.9 Å². The number of thiazole rings is 4. The number of carbonyl (C=O) groups excluding carboxylic acids is 6. The zero-order valence-electron chi connectivity index (χ0n) is 55.3. The van der Waals surface area contributed by atoms with E-state index in [4.69, 9.17) is 14.2 Å². The van der Waals surface area contributed by atoms with Crippen LogP contribution >= 0.6 is 45.3 Å². The second-order valence-electron chi connectivity index (χ2n) is 25.7. The highest BCUT2D eigenvalue weighted by atomic mass is 32.1. The van der Waals surface area contributed by atoms with Gasteiger partial charge in [-0.2, -0.15) is 0 Å². The average molecular weight is 1410 g/mol. The minimum atomic E-state index is -1.26. The fourth-order valence-electron chi connectivity index (χ4n) is 11.2. The lowest BCUT2D eigenvalue weighted by Crippen LogP contribution is -2.56. The maximum Gasteiger partial charge on any atom is 0.407 e. The van der Waals surface area contributed by atoms with Gasteiger partial charge in [-0.1, -0.05) is 121 Å². The Kier molecular flexibility index (Phi) is 26.7. The fourth-order valence-corrected chi connectivity index (χ4v) is 14.1. The highest BCUT2D eigenvalue weighted by Gasteiger charge is 2.37. The first-order chi connectivity index (χ1) is 47.5. The quantitative estimate of drug-likeness (QED) is 0.0192. The van der Waals surface area contributed by atoms with Crippen molar-refractivity contribution >= 4 is 81.4 Å². The first-order valence-electron chi connectivity index (χ1n) is 33.2. The summed E-state index contributed by atoms with van der Waals surface area (Å²) in [4.78, 5) is 108. The predicted molar refractivity (Wildman–Crippen MR) is 379 cm³/mol. The molecule has 98 heavy (non-hydrogen) atoms. The Balaban J connectivity index is 0.737. The van der Waals surface area contributed by atoms with Crippen molar-refractivity contribution in [1.82, 2.24) is 61.6 Å². The monoisotopic (exact) mass is 1410 g/mol. The van der Waals surface area contributed by atoms with Crippen molar-refractivity contribution in [2.45, 2.75) is 178 Å². The molecule has 518 valence electrons. The third-order valence-corrected chi connectivity index (χ3v) is 20.2. The van der Waals surface area contributed by atoms with E-state index in [0.717, 1.165) is 62.6 Å². The van der Waals surface area contributed by atoms with E-state index in [1.807, 2.05) is 142 Å². The van der Waals surface area contributed by atoms with Crippen LogP contribution in [0.2, 0.25) is 0 Å². The number of hydrogen-bond acceptors (Lipinski definition) is 18. The number of aliphatic hydroxyl groups is 1. The van der Waals surface area contributed by atoms with Crippen LogP contribution in [0.4, 0.5) is 19.2 Å². The van der Waals surface area contributed by atoms with Crippen LogP contribution in [0.3, 0.4) is 0 Å². The topological polar surface area (TPSA) is 281 Å². The smallest absolute Gasteiger partial charge is 0.407 e.